The molecule has 3 N–H and O–H groups in total. The standard InChI is InChI=1S/C19H27BrN6.ClH/c1-14-11-18(21-2)25-19(23-14)24-16-5-6-17(20)15(12-16)13-22-7-10-26-8-3-4-9-26;/h5-6,11-12,22H,3-4,7-10,13H2,1-2H3,(H2,21,23,24,25);1H. The van der Waals surface area contributed by atoms with Gasteiger partial charge in [0.1, 0.15) is 5.82 Å². The summed E-state index contributed by atoms with van der Waals surface area (Å²) in [6.07, 6.45) is 2.69. The molecule has 2 aromatic rings. The topological polar surface area (TPSA) is 65.1 Å². The van der Waals surface area contributed by atoms with Gasteiger partial charge < -0.3 is 20.9 Å². The number of hydrogen-bond donors (Lipinski definition) is 3. The highest BCUT2D eigenvalue weighted by Crippen LogP contribution is 2.23. The minimum Gasteiger partial charge on any atom is -0.373 e. The predicted molar refractivity (Wildman–Crippen MR) is 118 cm³/mol. The van der Waals surface area contributed by atoms with E-state index in [1.54, 1.807) is 0 Å². The lowest BCUT2D eigenvalue weighted by Gasteiger charge is -2.15. The van der Waals surface area contributed by atoms with Gasteiger partial charge in [0.2, 0.25) is 5.95 Å². The van der Waals surface area contributed by atoms with Gasteiger partial charge in [0.25, 0.3) is 0 Å². The number of benzene rings is 1. The lowest BCUT2D eigenvalue weighted by molar-refractivity contribution is 0.335. The minimum atomic E-state index is 0. The average Bonchev–Trinajstić information content (AvgIpc) is 3.14. The van der Waals surface area contributed by atoms with Gasteiger partial charge in [-0.2, -0.15) is 4.98 Å². The highest BCUT2D eigenvalue weighted by Gasteiger charge is 2.10. The Bertz CT molecular complexity index is 736. The third-order valence-electron chi connectivity index (χ3n) is 4.53. The van der Waals surface area contributed by atoms with Crippen LogP contribution in [0.1, 0.15) is 24.1 Å². The Kier molecular flexibility index (Phi) is 8.76. The van der Waals surface area contributed by atoms with Crippen molar-refractivity contribution < 1.29 is 0 Å². The quantitative estimate of drug-likeness (QED) is 0.524. The molecule has 1 aromatic carbocycles. The number of aryl methyl sites for hydroxylation is 1. The zero-order valence-corrected chi connectivity index (χ0v) is 18.3. The molecule has 0 aliphatic carbocycles. The lowest BCUT2D eigenvalue weighted by Crippen LogP contribution is -2.29. The van der Waals surface area contributed by atoms with Crippen molar-refractivity contribution in [3.8, 4) is 0 Å². The number of likely N-dealkylation sites (tertiary alicyclic amines) is 1. The van der Waals surface area contributed by atoms with Crippen molar-refractivity contribution >= 4 is 45.8 Å². The van der Waals surface area contributed by atoms with E-state index in [1.807, 2.05) is 26.1 Å². The van der Waals surface area contributed by atoms with Crippen LogP contribution in [0, 0.1) is 6.92 Å². The van der Waals surface area contributed by atoms with E-state index in [1.165, 1.54) is 31.5 Å². The Labute approximate surface area is 176 Å². The van der Waals surface area contributed by atoms with Gasteiger partial charge in [0, 0.05) is 48.6 Å². The number of nitrogens with zero attached hydrogens (tertiary/aromatic N) is 3. The summed E-state index contributed by atoms with van der Waals surface area (Å²) in [6.45, 7) is 7.42. The van der Waals surface area contributed by atoms with Crippen molar-refractivity contribution in [1.82, 2.24) is 20.2 Å². The van der Waals surface area contributed by atoms with Crippen molar-refractivity contribution in [3.63, 3.8) is 0 Å². The first-order valence-corrected chi connectivity index (χ1v) is 9.95. The van der Waals surface area contributed by atoms with Crippen LogP contribution in [-0.2, 0) is 6.54 Å². The van der Waals surface area contributed by atoms with Gasteiger partial charge in [-0.05, 0) is 56.6 Å². The summed E-state index contributed by atoms with van der Waals surface area (Å²) in [4.78, 5) is 11.4. The van der Waals surface area contributed by atoms with Gasteiger partial charge in [-0.15, -0.1) is 12.4 Å². The van der Waals surface area contributed by atoms with Gasteiger partial charge in [0.15, 0.2) is 0 Å². The van der Waals surface area contributed by atoms with E-state index in [9.17, 15) is 0 Å². The summed E-state index contributed by atoms with van der Waals surface area (Å²) < 4.78 is 1.11. The molecule has 0 atom stereocenters. The molecule has 0 amide bonds. The molecule has 0 saturated carbocycles. The maximum absolute atomic E-state index is 4.45. The highest BCUT2D eigenvalue weighted by atomic mass is 79.9. The molecule has 1 aliphatic rings. The summed E-state index contributed by atoms with van der Waals surface area (Å²) in [5.74, 6) is 1.41. The number of halogens is 2. The molecular formula is C19H28BrClN6. The Morgan fingerprint density at radius 1 is 1.15 bits per heavy atom. The van der Waals surface area contributed by atoms with Crippen LogP contribution in [0.25, 0.3) is 0 Å². The van der Waals surface area contributed by atoms with Crippen LogP contribution in [0.4, 0.5) is 17.5 Å². The van der Waals surface area contributed by atoms with Crippen LogP contribution >= 0.6 is 28.3 Å². The Balaban J connectivity index is 0.00000261. The fourth-order valence-electron chi connectivity index (χ4n) is 3.14. The molecule has 0 bridgehead atoms. The maximum Gasteiger partial charge on any atom is 0.229 e. The largest absolute Gasteiger partial charge is 0.373 e. The second kappa shape index (κ2) is 10.8. The normalized spacial score (nSPS) is 14.0. The SMILES string of the molecule is CNc1cc(C)nc(Nc2ccc(Br)c(CNCCN3CCCC3)c2)n1.Cl. The van der Waals surface area contributed by atoms with E-state index in [0.717, 1.165) is 41.3 Å². The highest BCUT2D eigenvalue weighted by molar-refractivity contribution is 9.10. The van der Waals surface area contributed by atoms with Crippen LogP contribution in [0.5, 0.6) is 0 Å². The van der Waals surface area contributed by atoms with Crippen LogP contribution in [-0.4, -0.2) is 48.1 Å². The average molecular weight is 456 g/mol. The number of nitrogens with one attached hydrogen (secondary N) is 3. The number of rotatable bonds is 8. The molecule has 1 aliphatic heterocycles. The molecule has 148 valence electrons. The molecule has 0 unspecified atom stereocenters. The number of hydrogen-bond acceptors (Lipinski definition) is 6. The molecule has 3 rings (SSSR count). The van der Waals surface area contributed by atoms with E-state index in [4.69, 9.17) is 0 Å². The monoisotopic (exact) mass is 454 g/mol. The molecule has 0 spiro atoms. The molecule has 1 aromatic heterocycles. The summed E-state index contributed by atoms with van der Waals surface area (Å²) >= 11 is 3.65. The minimum absolute atomic E-state index is 0. The summed E-state index contributed by atoms with van der Waals surface area (Å²) in [7, 11) is 1.86. The zero-order chi connectivity index (χ0) is 18.4. The van der Waals surface area contributed by atoms with E-state index in [0.29, 0.717) is 5.95 Å². The first-order valence-electron chi connectivity index (χ1n) is 9.16. The third-order valence-corrected chi connectivity index (χ3v) is 5.30. The molecule has 1 saturated heterocycles. The lowest BCUT2D eigenvalue weighted by atomic mass is 10.2. The van der Waals surface area contributed by atoms with Crippen LogP contribution < -0.4 is 16.0 Å². The Hall–Kier alpha value is -1.41. The number of aromatic nitrogens is 2. The van der Waals surface area contributed by atoms with Gasteiger partial charge >= 0.3 is 0 Å². The third kappa shape index (κ3) is 6.60. The summed E-state index contributed by atoms with van der Waals surface area (Å²) in [5, 5.41) is 9.91. The zero-order valence-electron chi connectivity index (χ0n) is 15.9. The molecular weight excluding hydrogens is 428 g/mol. The van der Waals surface area contributed by atoms with Crippen molar-refractivity contribution in [2.24, 2.45) is 0 Å². The number of anilines is 3. The molecule has 1 fully saturated rings. The first-order chi connectivity index (χ1) is 12.6. The van der Waals surface area contributed by atoms with Crippen molar-refractivity contribution in [2.75, 3.05) is 43.9 Å². The van der Waals surface area contributed by atoms with Crippen molar-refractivity contribution in [2.45, 2.75) is 26.3 Å². The molecule has 6 nitrogen and oxygen atoms in total. The van der Waals surface area contributed by atoms with Gasteiger partial charge in [-0.1, -0.05) is 15.9 Å². The van der Waals surface area contributed by atoms with Gasteiger partial charge in [-0.25, -0.2) is 4.98 Å². The maximum atomic E-state index is 4.45. The molecule has 8 heteroatoms. The van der Waals surface area contributed by atoms with Crippen LogP contribution in [0.15, 0.2) is 28.7 Å². The van der Waals surface area contributed by atoms with Crippen molar-refractivity contribution in [3.05, 3.63) is 40.0 Å². The van der Waals surface area contributed by atoms with Gasteiger partial charge in [-0.3, -0.25) is 0 Å². The van der Waals surface area contributed by atoms with Gasteiger partial charge in [0.05, 0.1) is 0 Å². The summed E-state index contributed by atoms with van der Waals surface area (Å²) in [5.41, 5.74) is 3.13. The Morgan fingerprint density at radius 3 is 2.67 bits per heavy atom. The second-order valence-corrected chi connectivity index (χ2v) is 7.48. The van der Waals surface area contributed by atoms with E-state index < -0.39 is 0 Å². The fraction of sp³-hybridized carbons (Fsp3) is 0.474. The smallest absolute Gasteiger partial charge is 0.229 e. The van der Waals surface area contributed by atoms with Crippen LogP contribution in [0.3, 0.4) is 0 Å². The van der Waals surface area contributed by atoms with E-state index in [2.05, 4.69) is 58.9 Å². The van der Waals surface area contributed by atoms with E-state index in [-0.39, 0.29) is 12.4 Å². The van der Waals surface area contributed by atoms with E-state index >= 15 is 0 Å². The molecule has 2 heterocycles. The predicted octanol–water partition coefficient (Wildman–Crippen LogP) is 3.94. The summed E-state index contributed by atoms with van der Waals surface area (Å²) in [6, 6.07) is 8.15. The fourth-order valence-corrected chi connectivity index (χ4v) is 3.52. The Morgan fingerprint density at radius 2 is 1.93 bits per heavy atom. The van der Waals surface area contributed by atoms with Crippen molar-refractivity contribution in [1.29, 1.82) is 0 Å². The first kappa shape index (κ1) is 21.9. The second-order valence-electron chi connectivity index (χ2n) is 6.62. The van der Waals surface area contributed by atoms with Crippen LogP contribution in [0.2, 0.25) is 0 Å². The molecule has 0 radical (unpaired) electrons. The molecule has 27 heavy (non-hydrogen) atoms.